The number of ketones is 1. The maximum atomic E-state index is 12.5. The van der Waals surface area contributed by atoms with E-state index in [1.807, 2.05) is 6.07 Å². The first-order valence-corrected chi connectivity index (χ1v) is 9.71. The van der Waals surface area contributed by atoms with Gasteiger partial charge in [-0.1, -0.05) is 23.8 Å². The fourth-order valence-corrected chi connectivity index (χ4v) is 3.27. The third-order valence-corrected chi connectivity index (χ3v) is 4.73. The molecule has 0 fully saturated rings. The zero-order chi connectivity index (χ0) is 19.9. The Balaban J connectivity index is 1.65. The molecule has 0 aliphatic heterocycles. The lowest BCUT2D eigenvalue weighted by Gasteiger charge is -2.13. The number of carbonyl (C=O) groups is 2. The van der Waals surface area contributed by atoms with Gasteiger partial charge in [0.2, 0.25) is 0 Å². The van der Waals surface area contributed by atoms with E-state index < -0.39 is 0 Å². The summed E-state index contributed by atoms with van der Waals surface area (Å²) in [7, 11) is 0. The van der Waals surface area contributed by atoms with Crippen LogP contribution in [0.5, 0.6) is 0 Å². The van der Waals surface area contributed by atoms with Gasteiger partial charge in [-0.05, 0) is 58.1 Å². The lowest BCUT2D eigenvalue weighted by Crippen LogP contribution is -2.26. The second-order valence-electron chi connectivity index (χ2n) is 7.06. The molecule has 2 aromatic rings. The Labute approximate surface area is 165 Å². The quantitative estimate of drug-likeness (QED) is 0.553. The van der Waals surface area contributed by atoms with Crippen LogP contribution in [0.3, 0.4) is 0 Å². The van der Waals surface area contributed by atoms with E-state index in [0.29, 0.717) is 29.4 Å². The number of aromatic nitrogens is 2. The maximum Gasteiger partial charge on any atom is 0.270 e. The van der Waals surface area contributed by atoms with Gasteiger partial charge in [-0.15, -0.1) is 0 Å². The largest absolute Gasteiger partial charge is 0.350 e. The lowest BCUT2D eigenvalue weighted by atomic mass is 9.97. The number of aryl methyl sites for hydroxylation is 1. The highest BCUT2D eigenvalue weighted by Gasteiger charge is 2.12. The molecule has 1 aromatic heterocycles. The molecule has 1 aliphatic carbocycles. The zero-order valence-corrected chi connectivity index (χ0v) is 16.4. The molecule has 0 spiro atoms. The summed E-state index contributed by atoms with van der Waals surface area (Å²) in [5, 5.41) is 6.10. The second kappa shape index (κ2) is 9.26. The second-order valence-corrected chi connectivity index (χ2v) is 7.06. The van der Waals surface area contributed by atoms with E-state index in [1.54, 1.807) is 31.2 Å². The minimum absolute atomic E-state index is 0.00401. The van der Waals surface area contributed by atoms with Gasteiger partial charge >= 0.3 is 0 Å². The van der Waals surface area contributed by atoms with Crippen molar-refractivity contribution in [2.24, 2.45) is 0 Å². The molecule has 1 aliphatic rings. The number of hydrogen-bond acceptors (Lipinski definition) is 5. The van der Waals surface area contributed by atoms with E-state index in [1.165, 1.54) is 25.3 Å². The van der Waals surface area contributed by atoms with Gasteiger partial charge in [-0.2, -0.15) is 0 Å². The maximum absolute atomic E-state index is 12.5. The number of amides is 1. The van der Waals surface area contributed by atoms with Crippen LogP contribution in [-0.2, 0) is 0 Å². The van der Waals surface area contributed by atoms with Crippen molar-refractivity contribution in [3.63, 3.8) is 0 Å². The average Bonchev–Trinajstić information content (AvgIpc) is 2.68. The van der Waals surface area contributed by atoms with E-state index >= 15 is 0 Å². The van der Waals surface area contributed by atoms with Crippen LogP contribution in [0, 0.1) is 6.92 Å². The average molecular weight is 378 g/mol. The molecule has 1 amide bonds. The normalized spacial score (nSPS) is 13.6. The molecule has 0 unspecified atom stereocenters. The summed E-state index contributed by atoms with van der Waals surface area (Å²) in [6, 6.07) is 8.81. The fraction of sp³-hybridized carbons (Fsp3) is 0.364. The first-order chi connectivity index (χ1) is 13.5. The summed E-state index contributed by atoms with van der Waals surface area (Å²) < 4.78 is 0. The molecule has 2 N–H and O–H groups in total. The molecule has 146 valence electrons. The minimum Gasteiger partial charge on any atom is -0.350 e. The van der Waals surface area contributed by atoms with Crippen LogP contribution < -0.4 is 10.6 Å². The van der Waals surface area contributed by atoms with Gasteiger partial charge in [0, 0.05) is 23.9 Å². The summed E-state index contributed by atoms with van der Waals surface area (Å²) >= 11 is 0. The van der Waals surface area contributed by atoms with E-state index in [9.17, 15) is 9.59 Å². The van der Waals surface area contributed by atoms with Gasteiger partial charge in [0.25, 0.3) is 5.91 Å². The fourth-order valence-electron chi connectivity index (χ4n) is 3.27. The van der Waals surface area contributed by atoms with Crippen molar-refractivity contribution >= 4 is 23.2 Å². The van der Waals surface area contributed by atoms with Crippen molar-refractivity contribution in [2.75, 3.05) is 11.9 Å². The third kappa shape index (κ3) is 5.49. The Morgan fingerprint density at radius 3 is 2.75 bits per heavy atom. The Morgan fingerprint density at radius 2 is 2.00 bits per heavy atom. The van der Waals surface area contributed by atoms with Crippen LogP contribution in [0.2, 0.25) is 0 Å². The van der Waals surface area contributed by atoms with E-state index in [0.717, 1.165) is 24.9 Å². The molecule has 1 aromatic carbocycles. The summed E-state index contributed by atoms with van der Waals surface area (Å²) in [5.41, 5.74) is 3.11. The van der Waals surface area contributed by atoms with Gasteiger partial charge in [-0.3, -0.25) is 9.59 Å². The van der Waals surface area contributed by atoms with Crippen molar-refractivity contribution in [1.82, 2.24) is 15.3 Å². The van der Waals surface area contributed by atoms with Crippen molar-refractivity contribution in [2.45, 2.75) is 46.0 Å². The number of allylic oxidation sites excluding steroid dienone is 1. The molecular weight excluding hydrogens is 352 g/mol. The Morgan fingerprint density at radius 1 is 1.14 bits per heavy atom. The molecule has 6 heteroatoms. The number of hydrogen-bond donors (Lipinski definition) is 2. The van der Waals surface area contributed by atoms with Crippen molar-refractivity contribution in [3.05, 3.63) is 59.1 Å². The van der Waals surface area contributed by atoms with Gasteiger partial charge in [-0.25, -0.2) is 9.97 Å². The molecule has 28 heavy (non-hydrogen) atoms. The predicted molar refractivity (Wildman–Crippen MR) is 110 cm³/mol. The highest BCUT2D eigenvalue weighted by molar-refractivity contribution is 5.95. The highest BCUT2D eigenvalue weighted by atomic mass is 16.1. The Hall–Kier alpha value is -3.02. The number of nitrogens with one attached hydrogen (secondary N) is 2. The molecule has 0 radical (unpaired) electrons. The summed E-state index contributed by atoms with van der Waals surface area (Å²) in [5.74, 6) is 0.819. The molecule has 0 saturated carbocycles. The topological polar surface area (TPSA) is 84.0 Å². The van der Waals surface area contributed by atoms with Gasteiger partial charge in [0.1, 0.15) is 17.3 Å². The molecule has 0 saturated heterocycles. The monoisotopic (exact) mass is 378 g/mol. The predicted octanol–water partition coefficient (Wildman–Crippen LogP) is 4.35. The number of Topliss-reactive ketones (excluding diaryl/α,β-unsaturated/α-hetero) is 1. The standard InChI is InChI=1S/C22H26N4O2/c1-15(27)18-9-6-10-19(13-18)26-21-14-20(24-16(2)25-21)22(28)23-12-11-17-7-4-3-5-8-17/h6-7,9-10,13-14H,3-5,8,11-12H2,1-2H3,(H,23,28)(H,24,25,26). The summed E-state index contributed by atoms with van der Waals surface area (Å²) in [6.45, 7) is 3.89. The third-order valence-electron chi connectivity index (χ3n) is 4.73. The molecule has 0 atom stereocenters. The minimum atomic E-state index is -0.206. The summed E-state index contributed by atoms with van der Waals surface area (Å²) in [4.78, 5) is 32.6. The van der Waals surface area contributed by atoms with Gasteiger partial charge < -0.3 is 10.6 Å². The molecular formula is C22H26N4O2. The van der Waals surface area contributed by atoms with E-state index in [-0.39, 0.29) is 11.7 Å². The molecule has 3 rings (SSSR count). The number of rotatable bonds is 7. The van der Waals surface area contributed by atoms with Crippen molar-refractivity contribution in [3.8, 4) is 0 Å². The Bertz CT molecular complexity index is 905. The molecule has 1 heterocycles. The number of benzene rings is 1. The highest BCUT2D eigenvalue weighted by Crippen LogP contribution is 2.20. The number of carbonyl (C=O) groups excluding carboxylic acids is 2. The smallest absolute Gasteiger partial charge is 0.270 e. The van der Waals surface area contributed by atoms with Crippen LogP contribution >= 0.6 is 0 Å². The zero-order valence-electron chi connectivity index (χ0n) is 16.4. The van der Waals surface area contributed by atoms with Crippen LogP contribution in [0.1, 0.15) is 65.7 Å². The lowest BCUT2D eigenvalue weighted by molar-refractivity contribution is 0.0947. The summed E-state index contributed by atoms with van der Waals surface area (Å²) in [6.07, 6.45) is 7.97. The number of nitrogens with zero attached hydrogens (tertiary/aromatic N) is 2. The molecule has 6 nitrogen and oxygen atoms in total. The number of anilines is 2. The van der Waals surface area contributed by atoms with Crippen molar-refractivity contribution in [1.29, 1.82) is 0 Å². The first-order valence-electron chi connectivity index (χ1n) is 9.71. The van der Waals surface area contributed by atoms with Crippen LogP contribution in [0.25, 0.3) is 0 Å². The van der Waals surface area contributed by atoms with Crippen molar-refractivity contribution < 1.29 is 9.59 Å². The van der Waals surface area contributed by atoms with Crippen LogP contribution in [-0.4, -0.2) is 28.2 Å². The molecule has 0 bridgehead atoms. The first kappa shape index (κ1) is 19.7. The van der Waals surface area contributed by atoms with Gasteiger partial charge in [0.15, 0.2) is 5.78 Å². The Kier molecular flexibility index (Phi) is 6.53. The van der Waals surface area contributed by atoms with Crippen LogP contribution in [0.15, 0.2) is 42.0 Å². The van der Waals surface area contributed by atoms with Gasteiger partial charge in [0.05, 0.1) is 0 Å². The van der Waals surface area contributed by atoms with E-state index in [2.05, 4.69) is 26.7 Å². The van der Waals surface area contributed by atoms with Crippen LogP contribution in [0.4, 0.5) is 11.5 Å². The SMILES string of the molecule is CC(=O)c1cccc(Nc2cc(C(=O)NCCC3=CCCCC3)nc(C)n2)c1. The van der Waals surface area contributed by atoms with E-state index in [4.69, 9.17) is 0 Å².